The molecule has 4 rings (SSSR count). The first-order chi connectivity index (χ1) is 11.3. The molecule has 114 valence electrons. The van der Waals surface area contributed by atoms with Crippen molar-refractivity contribution in [2.75, 3.05) is 6.61 Å². The maximum atomic E-state index is 5.56. The molecule has 0 aliphatic heterocycles. The molecule has 0 N–H and O–H groups in total. The lowest BCUT2D eigenvalue weighted by Gasteiger charge is -2.03. The first-order valence-electron chi connectivity index (χ1n) is 7.36. The van der Waals surface area contributed by atoms with Crippen LogP contribution in [0.15, 0.2) is 54.6 Å². The molecule has 5 nitrogen and oxygen atoms in total. The second-order valence-electron chi connectivity index (χ2n) is 4.95. The predicted octanol–water partition coefficient (Wildman–Crippen LogP) is 3.92. The lowest BCUT2D eigenvalue weighted by atomic mass is 10.2. The van der Waals surface area contributed by atoms with E-state index in [0.29, 0.717) is 6.61 Å². The van der Waals surface area contributed by atoms with Crippen LogP contribution >= 0.6 is 11.3 Å². The summed E-state index contributed by atoms with van der Waals surface area (Å²) in [5, 5.41) is 14.1. The Labute approximate surface area is 137 Å². The molecule has 0 spiro atoms. The molecular formula is C17H14N4OS. The summed E-state index contributed by atoms with van der Waals surface area (Å²) in [6.45, 7) is 2.62. The summed E-state index contributed by atoms with van der Waals surface area (Å²) in [6.07, 6.45) is 0. The second-order valence-corrected chi connectivity index (χ2v) is 5.91. The molecular weight excluding hydrogens is 308 g/mol. The minimum absolute atomic E-state index is 0.646. The maximum Gasteiger partial charge on any atom is 0.235 e. The van der Waals surface area contributed by atoms with Crippen molar-refractivity contribution in [3.8, 4) is 27.7 Å². The van der Waals surface area contributed by atoms with Crippen LogP contribution in [0.1, 0.15) is 6.92 Å². The van der Waals surface area contributed by atoms with Crippen molar-refractivity contribution >= 4 is 16.3 Å². The van der Waals surface area contributed by atoms with Crippen molar-refractivity contribution in [1.29, 1.82) is 0 Å². The van der Waals surface area contributed by atoms with E-state index < -0.39 is 0 Å². The van der Waals surface area contributed by atoms with E-state index in [1.165, 1.54) is 11.3 Å². The summed E-state index contributed by atoms with van der Waals surface area (Å²) in [5.41, 5.74) is 2.02. The fourth-order valence-electron chi connectivity index (χ4n) is 2.39. The minimum atomic E-state index is 0.646. The van der Waals surface area contributed by atoms with Gasteiger partial charge in [0, 0.05) is 11.1 Å². The third-order valence-corrected chi connectivity index (χ3v) is 4.36. The first-order valence-corrected chi connectivity index (χ1v) is 8.17. The highest BCUT2D eigenvalue weighted by Gasteiger charge is 2.14. The van der Waals surface area contributed by atoms with Gasteiger partial charge in [-0.2, -0.15) is 9.61 Å². The van der Waals surface area contributed by atoms with Gasteiger partial charge in [0.25, 0.3) is 0 Å². The Morgan fingerprint density at radius 3 is 2.65 bits per heavy atom. The number of hydrogen-bond acceptors (Lipinski definition) is 5. The molecule has 0 bridgehead atoms. The van der Waals surface area contributed by atoms with Gasteiger partial charge in [0.1, 0.15) is 10.8 Å². The van der Waals surface area contributed by atoms with E-state index in [1.54, 1.807) is 4.52 Å². The van der Waals surface area contributed by atoms with Crippen LogP contribution < -0.4 is 4.74 Å². The molecule has 0 saturated heterocycles. The highest BCUT2D eigenvalue weighted by atomic mass is 32.1. The molecule has 0 amide bonds. The minimum Gasteiger partial charge on any atom is -0.494 e. The molecule has 2 aromatic heterocycles. The number of benzene rings is 2. The van der Waals surface area contributed by atoms with Crippen molar-refractivity contribution in [1.82, 2.24) is 19.8 Å². The molecule has 0 saturated carbocycles. The van der Waals surface area contributed by atoms with Crippen LogP contribution in [0.2, 0.25) is 0 Å². The smallest absolute Gasteiger partial charge is 0.235 e. The Bertz CT molecular complexity index is 946. The van der Waals surface area contributed by atoms with E-state index in [4.69, 9.17) is 4.74 Å². The van der Waals surface area contributed by atoms with Gasteiger partial charge in [0.05, 0.1) is 6.61 Å². The van der Waals surface area contributed by atoms with E-state index >= 15 is 0 Å². The van der Waals surface area contributed by atoms with Gasteiger partial charge in [-0.15, -0.1) is 10.2 Å². The Morgan fingerprint density at radius 1 is 1.00 bits per heavy atom. The zero-order chi connectivity index (χ0) is 15.6. The average Bonchev–Trinajstić information content (AvgIpc) is 3.17. The Balaban J connectivity index is 1.78. The molecule has 23 heavy (non-hydrogen) atoms. The summed E-state index contributed by atoms with van der Waals surface area (Å²) in [7, 11) is 0. The summed E-state index contributed by atoms with van der Waals surface area (Å²) in [6, 6.07) is 17.9. The van der Waals surface area contributed by atoms with Crippen LogP contribution in [0.3, 0.4) is 0 Å². The van der Waals surface area contributed by atoms with E-state index in [-0.39, 0.29) is 0 Å². The Morgan fingerprint density at radius 2 is 1.83 bits per heavy atom. The number of nitrogens with zero attached hydrogens (tertiary/aromatic N) is 4. The summed E-state index contributed by atoms with van der Waals surface area (Å²) in [4.78, 5) is 0.778. The number of rotatable bonds is 4. The number of ether oxygens (including phenoxy) is 1. The van der Waals surface area contributed by atoms with E-state index in [2.05, 4.69) is 15.3 Å². The van der Waals surface area contributed by atoms with Crippen molar-refractivity contribution in [3.05, 3.63) is 54.6 Å². The zero-order valence-electron chi connectivity index (χ0n) is 12.5. The first kappa shape index (κ1) is 13.9. The molecule has 2 aromatic carbocycles. The molecule has 6 heteroatoms. The van der Waals surface area contributed by atoms with E-state index in [0.717, 1.165) is 32.7 Å². The van der Waals surface area contributed by atoms with Crippen LogP contribution in [0.25, 0.3) is 26.9 Å². The highest BCUT2D eigenvalue weighted by Crippen LogP contribution is 2.29. The Kier molecular flexibility index (Phi) is 3.51. The summed E-state index contributed by atoms with van der Waals surface area (Å²) in [5.74, 6) is 1.60. The zero-order valence-corrected chi connectivity index (χ0v) is 13.3. The summed E-state index contributed by atoms with van der Waals surface area (Å²) < 4.78 is 7.35. The van der Waals surface area contributed by atoms with Crippen molar-refractivity contribution in [2.45, 2.75) is 6.92 Å². The van der Waals surface area contributed by atoms with Crippen LogP contribution in [-0.4, -0.2) is 26.4 Å². The van der Waals surface area contributed by atoms with Crippen molar-refractivity contribution in [2.24, 2.45) is 0 Å². The quantitative estimate of drug-likeness (QED) is 0.571. The maximum absolute atomic E-state index is 5.56. The predicted molar refractivity (Wildman–Crippen MR) is 90.7 cm³/mol. The SMILES string of the molecule is CCOc1cccc(-c2nn3c(-c4ccccc4)nnc3s2)c1. The normalized spacial score (nSPS) is 11.0. The van der Waals surface area contributed by atoms with Gasteiger partial charge in [0.2, 0.25) is 4.96 Å². The number of fused-ring (bicyclic) bond motifs is 1. The fraction of sp³-hybridized carbons (Fsp3) is 0.118. The lowest BCUT2D eigenvalue weighted by molar-refractivity contribution is 0.340. The standard InChI is InChI=1S/C17H14N4OS/c1-2-22-14-10-6-9-13(11-14)16-20-21-15(18-19-17(21)23-16)12-7-4-3-5-8-12/h3-11H,2H2,1H3. The van der Waals surface area contributed by atoms with Crippen LogP contribution in [0, 0.1) is 0 Å². The molecule has 2 heterocycles. The largest absolute Gasteiger partial charge is 0.494 e. The molecule has 0 aliphatic rings. The van der Waals surface area contributed by atoms with Gasteiger partial charge in [-0.05, 0) is 19.1 Å². The third-order valence-electron chi connectivity index (χ3n) is 3.41. The molecule has 4 aromatic rings. The highest BCUT2D eigenvalue weighted by molar-refractivity contribution is 7.19. The van der Waals surface area contributed by atoms with Crippen molar-refractivity contribution < 1.29 is 4.74 Å². The Hall–Kier alpha value is -2.73. The second kappa shape index (κ2) is 5.81. The molecule has 0 fully saturated rings. The van der Waals surface area contributed by atoms with Crippen LogP contribution in [0.5, 0.6) is 5.75 Å². The van der Waals surface area contributed by atoms with Gasteiger partial charge in [0.15, 0.2) is 5.82 Å². The number of aromatic nitrogens is 4. The van der Waals surface area contributed by atoms with Crippen LogP contribution in [-0.2, 0) is 0 Å². The van der Waals surface area contributed by atoms with Gasteiger partial charge in [-0.25, -0.2) is 0 Å². The molecule has 0 aliphatic carbocycles. The number of hydrogen-bond donors (Lipinski definition) is 0. The van der Waals surface area contributed by atoms with Gasteiger partial charge in [-0.1, -0.05) is 53.8 Å². The summed E-state index contributed by atoms with van der Waals surface area (Å²) >= 11 is 1.52. The van der Waals surface area contributed by atoms with Crippen molar-refractivity contribution in [3.63, 3.8) is 0 Å². The third kappa shape index (κ3) is 2.57. The molecule has 0 atom stereocenters. The van der Waals surface area contributed by atoms with Crippen LogP contribution in [0.4, 0.5) is 0 Å². The fourth-order valence-corrected chi connectivity index (χ4v) is 3.22. The average molecular weight is 322 g/mol. The van der Waals surface area contributed by atoms with Gasteiger partial charge in [-0.3, -0.25) is 0 Å². The van der Waals surface area contributed by atoms with E-state index in [9.17, 15) is 0 Å². The topological polar surface area (TPSA) is 52.3 Å². The van der Waals surface area contributed by atoms with E-state index in [1.807, 2.05) is 61.5 Å². The lowest BCUT2D eigenvalue weighted by Crippen LogP contribution is -1.92. The molecule has 0 unspecified atom stereocenters. The monoisotopic (exact) mass is 322 g/mol. The van der Waals surface area contributed by atoms with Gasteiger partial charge < -0.3 is 4.74 Å². The van der Waals surface area contributed by atoms with Gasteiger partial charge >= 0.3 is 0 Å². The molecule has 0 radical (unpaired) electrons.